The minimum Gasteiger partial charge on any atom is -0.504 e. The summed E-state index contributed by atoms with van der Waals surface area (Å²) in [5, 5.41) is 38.9. The van der Waals surface area contributed by atoms with Crippen molar-refractivity contribution in [3.63, 3.8) is 0 Å². The van der Waals surface area contributed by atoms with Crippen molar-refractivity contribution in [3.05, 3.63) is 34.7 Å². The third kappa shape index (κ3) is 2.53. The largest absolute Gasteiger partial charge is 0.504 e. The van der Waals surface area contributed by atoms with Crippen LogP contribution in [0.1, 0.15) is 0 Å². The van der Waals surface area contributed by atoms with Gasteiger partial charge in [0.15, 0.2) is 11.5 Å². The first kappa shape index (κ1) is 14.8. The monoisotopic (exact) mass is 310 g/mol. The topological polar surface area (TPSA) is 130 Å². The van der Waals surface area contributed by atoms with Crippen LogP contribution in [0.3, 0.4) is 0 Å². The minimum atomic E-state index is -1.37. The van der Waals surface area contributed by atoms with Crippen LogP contribution in [-0.2, 0) is 4.74 Å². The zero-order valence-electron chi connectivity index (χ0n) is 11.2. The lowest BCUT2D eigenvalue weighted by molar-refractivity contribution is -0.117. The molecule has 1 aliphatic heterocycles. The molecule has 8 heteroatoms. The number of fused-ring (bicyclic) bond motifs is 1. The number of benzene rings is 1. The first-order valence-electron chi connectivity index (χ1n) is 6.55. The SMILES string of the molecule is O=c1ccc2cc(OC3OC(CO)C(O)C3O)c(O)cc2o1. The molecule has 4 unspecified atom stereocenters. The number of aromatic hydroxyl groups is 1. The zero-order chi connectivity index (χ0) is 15.9. The highest BCUT2D eigenvalue weighted by Crippen LogP contribution is 2.34. The van der Waals surface area contributed by atoms with E-state index in [1.54, 1.807) is 0 Å². The summed E-state index contributed by atoms with van der Waals surface area (Å²) in [6.45, 7) is -0.479. The van der Waals surface area contributed by atoms with E-state index in [4.69, 9.17) is 19.0 Å². The summed E-state index contributed by atoms with van der Waals surface area (Å²) in [6, 6.07) is 5.32. The first-order valence-corrected chi connectivity index (χ1v) is 6.55. The van der Waals surface area contributed by atoms with Gasteiger partial charge < -0.3 is 34.3 Å². The zero-order valence-corrected chi connectivity index (χ0v) is 11.2. The maximum atomic E-state index is 11.1. The summed E-state index contributed by atoms with van der Waals surface area (Å²) in [5.41, 5.74) is -0.373. The van der Waals surface area contributed by atoms with Crippen molar-refractivity contribution < 1.29 is 34.3 Å². The molecule has 0 radical (unpaired) electrons. The lowest BCUT2D eigenvalue weighted by Gasteiger charge is -2.17. The van der Waals surface area contributed by atoms with Crippen LogP contribution in [-0.4, -0.2) is 51.6 Å². The van der Waals surface area contributed by atoms with E-state index in [1.165, 1.54) is 24.3 Å². The third-order valence-corrected chi connectivity index (χ3v) is 3.44. The molecular formula is C14H14O8. The number of hydrogen-bond donors (Lipinski definition) is 4. The summed E-state index contributed by atoms with van der Waals surface area (Å²) < 4.78 is 15.4. The van der Waals surface area contributed by atoms with Crippen LogP contribution >= 0.6 is 0 Å². The fourth-order valence-electron chi connectivity index (χ4n) is 2.27. The Hall–Kier alpha value is -2.13. The molecule has 0 saturated carbocycles. The van der Waals surface area contributed by atoms with E-state index in [-0.39, 0.29) is 17.1 Å². The molecule has 2 heterocycles. The molecular weight excluding hydrogens is 296 g/mol. The summed E-state index contributed by atoms with van der Waals surface area (Å²) in [4.78, 5) is 11.1. The Morgan fingerprint density at radius 1 is 1.18 bits per heavy atom. The Morgan fingerprint density at radius 2 is 1.95 bits per heavy atom. The molecule has 2 aromatic rings. The van der Waals surface area contributed by atoms with Gasteiger partial charge in [0.25, 0.3) is 0 Å². The summed E-state index contributed by atoms with van der Waals surface area (Å²) >= 11 is 0. The van der Waals surface area contributed by atoms with Gasteiger partial charge in [-0.25, -0.2) is 4.79 Å². The van der Waals surface area contributed by atoms with Crippen molar-refractivity contribution in [2.24, 2.45) is 0 Å². The first-order chi connectivity index (χ1) is 10.5. The van der Waals surface area contributed by atoms with Gasteiger partial charge >= 0.3 is 5.63 Å². The Kier molecular flexibility index (Phi) is 3.75. The quantitative estimate of drug-likeness (QED) is 0.549. The lowest BCUT2D eigenvalue weighted by Crippen LogP contribution is -2.35. The fourth-order valence-corrected chi connectivity index (χ4v) is 2.27. The van der Waals surface area contributed by atoms with Crippen LogP contribution in [0.15, 0.2) is 33.5 Å². The molecule has 1 aromatic carbocycles. The molecule has 1 saturated heterocycles. The Morgan fingerprint density at radius 3 is 2.64 bits per heavy atom. The van der Waals surface area contributed by atoms with Crippen molar-refractivity contribution in [2.75, 3.05) is 6.61 Å². The molecule has 3 rings (SSSR count). The molecule has 1 aliphatic rings. The standard InChI is InChI=1S/C14H14O8/c15-5-10-12(18)13(19)14(22-10)21-9-3-6-1-2-11(17)20-8(6)4-7(9)16/h1-4,10,12-16,18-19H,5H2. The van der Waals surface area contributed by atoms with Gasteiger partial charge in [-0.3, -0.25) is 0 Å². The van der Waals surface area contributed by atoms with Gasteiger partial charge in [0.2, 0.25) is 6.29 Å². The van der Waals surface area contributed by atoms with E-state index in [2.05, 4.69) is 0 Å². The maximum absolute atomic E-state index is 11.1. The number of phenols is 1. The van der Waals surface area contributed by atoms with E-state index in [9.17, 15) is 20.1 Å². The van der Waals surface area contributed by atoms with Gasteiger partial charge in [-0.2, -0.15) is 0 Å². The lowest BCUT2D eigenvalue weighted by atomic mass is 10.1. The maximum Gasteiger partial charge on any atom is 0.336 e. The highest BCUT2D eigenvalue weighted by atomic mass is 16.7. The number of aliphatic hydroxyl groups is 3. The van der Waals surface area contributed by atoms with Crippen LogP contribution in [0, 0.1) is 0 Å². The Labute approximate surface area is 123 Å². The highest BCUT2D eigenvalue weighted by Gasteiger charge is 2.44. The predicted molar refractivity (Wildman–Crippen MR) is 72.5 cm³/mol. The smallest absolute Gasteiger partial charge is 0.336 e. The van der Waals surface area contributed by atoms with E-state index in [1.807, 2.05) is 0 Å². The van der Waals surface area contributed by atoms with E-state index >= 15 is 0 Å². The number of phenolic OH excluding ortho intramolecular Hbond substituents is 1. The number of ether oxygens (including phenoxy) is 2. The average molecular weight is 310 g/mol. The van der Waals surface area contributed by atoms with E-state index in [0.29, 0.717) is 5.39 Å². The highest BCUT2D eigenvalue weighted by molar-refractivity contribution is 5.80. The molecule has 0 spiro atoms. The van der Waals surface area contributed by atoms with Crippen LogP contribution in [0.2, 0.25) is 0 Å². The summed E-state index contributed by atoms with van der Waals surface area (Å²) in [5.74, 6) is -0.337. The molecule has 0 aliphatic carbocycles. The predicted octanol–water partition coefficient (Wildman–Crippen LogP) is -0.684. The van der Waals surface area contributed by atoms with Gasteiger partial charge in [-0.05, 0) is 12.1 Å². The van der Waals surface area contributed by atoms with E-state index in [0.717, 1.165) is 0 Å². The van der Waals surface area contributed by atoms with Crippen molar-refractivity contribution >= 4 is 11.0 Å². The van der Waals surface area contributed by atoms with E-state index < -0.39 is 36.8 Å². The number of aliphatic hydroxyl groups excluding tert-OH is 3. The third-order valence-electron chi connectivity index (χ3n) is 3.44. The number of hydrogen-bond acceptors (Lipinski definition) is 8. The Bertz CT molecular complexity index is 739. The van der Waals surface area contributed by atoms with Gasteiger partial charge in [0.05, 0.1) is 6.61 Å². The molecule has 1 fully saturated rings. The van der Waals surface area contributed by atoms with Gasteiger partial charge in [0.1, 0.15) is 23.9 Å². The molecule has 4 N–H and O–H groups in total. The van der Waals surface area contributed by atoms with Crippen LogP contribution in [0.4, 0.5) is 0 Å². The van der Waals surface area contributed by atoms with Crippen LogP contribution in [0.5, 0.6) is 11.5 Å². The second-order valence-corrected chi connectivity index (χ2v) is 4.94. The van der Waals surface area contributed by atoms with Crippen molar-refractivity contribution in [1.82, 2.24) is 0 Å². The second-order valence-electron chi connectivity index (χ2n) is 4.94. The Balaban J connectivity index is 1.89. The second kappa shape index (κ2) is 5.58. The molecule has 0 bridgehead atoms. The molecule has 1 aromatic heterocycles. The molecule has 0 amide bonds. The molecule has 22 heavy (non-hydrogen) atoms. The number of rotatable bonds is 3. The van der Waals surface area contributed by atoms with Crippen LogP contribution < -0.4 is 10.4 Å². The fraction of sp³-hybridized carbons (Fsp3) is 0.357. The average Bonchev–Trinajstić information content (AvgIpc) is 2.76. The van der Waals surface area contributed by atoms with Crippen molar-refractivity contribution in [3.8, 4) is 11.5 Å². The van der Waals surface area contributed by atoms with Crippen molar-refractivity contribution in [1.29, 1.82) is 0 Å². The van der Waals surface area contributed by atoms with Gasteiger partial charge in [-0.1, -0.05) is 0 Å². The minimum absolute atomic E-state index is 0.0174. The normalized spacial score (nSPS) is 28.1. The van der Waals surface area contributed by atoms with Crippen LogP contribution in [0.25, 0.3) is 11.0 Å². The summed E-state index contributed by atoms with van der Waals surface area (Å²) in [6.07, 6.45) is -4.89. The van der Waals surface area contributed by atoms with Gasteiger partial charge in [0, 0.05) is 17.5 Å². The molecule has 4 atom stereocenters. The molecule has 118 valence electrons. The molecule has 8 nitrogen and oxygen atoms in total. The summed E-state index contributed by atoms with van der Waals surface area (Å²) in [7, 11) is 0. The van der Waals surface area contributed by atoms with Gasteiger partial charge in [-0.15, -0.1) is 0 Å². The van der Waals surface area contributed by atoms with Crippen molar-refractivity contribution in [2.45, 2.75) is 24.6 Å².